The normalized spacial score (nSPS) is 15.9. The van der Waals surface area contributed by atoms with Crippen molar-refractivity contribution in [1.29, 1.82) is 0 Å². The number of carbonyl (C=O) groups excluding carboxylic acids is 1. The van der Waals surface area contributed by atoms with Crippen molar-refractivity contribution in [3.8, 4) is 11.5 Å². The van der Waals surface area contributed by atoms with Gasteiger partial charge in [0.05, 0.1) is 16.6 Å². The summed E-state index contributed by atoms with van der Waals surface area (Å²) in [5, 5.41) is 0.793. The zero-order valence-electron chi connectivity index (χ0n) is 13.2. The van der Waals surface area contributed by atoms with Gasteiger partial charge in [-0.25, -0.2) is 0 Å². The number of nitrogens with zero attached hydrogens (tertiary/aromatic N) is 1. The molecule has 3 rings (SSSR count). The summed E-state index contributed by atoms with van der Waals surface area (Å²) in [5.41, 5.74) is 0.503. The molecule has 1 heterocycles. The van der Waals surface area contributed by atoms with Crippen molar-refractivity contribution in [2.75, 3.05) is 19.7 Å². The Labute approximate surface area is 150 Å². The Balaban J connectivity index is 1.71. The molecule has 0 saturated heterocycles. The van der Waals surface area contributed by atoms with E-state index >= 15 is 0 Å². The second-order valence-corrected chi connectivity index (χ2v) is 6.28. The third-order valence-electron chi connectivity index (χ3n) is 3.83. The second kappa shape index (κ2) is 7.32. The smallest absolute Gasteiger partial charge is 0.254 e. The van der Waals surface area contributed by atoms with Gasteiger partial charge in [-0.05, 0) is 37.3 Å². The minimum atomic E-state index is -0.216. The first-order valence-corrected chi connectivity index (χ1v) is 8.47. The van der Waals surface area contributed by atoms with Crippen LogP contribution >= 0.6 is 23.2 Å². The van der Waals surface area contributed by atoms with E-state index in [1.165, 1.54) is 0 Å². The van der Waals surface area contributed by atoms with Crippen molar-refractivity contribution in [2.45, 2.75) is 13.0 Å². The van der Waals surface area contributed by atoms with Crippen molar-refractivity contribution in [2.24, 2.45) is 0 Å². The standard InChI is InChI=1S/C18H17Cl2NO3/c1-2-21(18(22)12-7-8-14(19)15(20)9-12)10-13-11-23-16-5-3-4-6-17(16)24-13/h3-9,13H,2,10-11H2,1H3. The van der Waals surface area contributed by atoms with E-state index in [1.54, 1.807) is 23.1 Å². The van der Waals surface area contributed by atoms with Gasteiger partial charge < -0.3 is 14.4 Å². The molecule has 1 amide bonds. The highest BCUT2D eigenvalue weighted by Gasteiger charge is 2.25. The highest BCUT2D eigenvalue weighted by molar-refractivity contribution is 6.42. The van der Waals surface area contributed by atoms with Crippen LogP contribution in [0.3, 0.4) is 0 Å². The van der Waals surface area contributed by atoms with Crippen molar-refractivity contribution >= 4 is 29.1 Å². The lowest BCUT2D eigenvalue weighted by Gasteiger charge is -2.31. The quantitative estimate of drug-likeness (QED) is 0.810. The zero-order chi connectivity index (χ0) is 17.1. The van der Waals surface area contributed by atoms with E-state index < -0.39 is 0 Å². The maximum absolute atomic E-state index is 12.7. The third kappa shape index (κ3) is 3.60. The average molecular weight is 366 g/mol. The Morgan fingerprint density at radius 1 is 1.17 bits per heavy atom. The van der Waals surface area contributed by atoms with Gasteiger partial charge in [0, 0.05) is 12.1 Å². The summed E-state index contributed by atoms with van der Waals surface area (Å²) < 4.78 is 11.6. The van der Waals surface area contributed by atoms with Gasteiger partial charge in [0.1, 0.15) is 6.61 Å². The predicted molar refractivity (Wildman–Crippen MR) is 94.4 cm³/mol. The Morgan fingerprint density at radius 3 is 2.62 bits per heavy atom. The van der Waals surface area contributed by atoms with E-state index in [2.05, 4.69) is 0 Å². The van der Waals surface area contributed by atoms with Crippen LogP contribution in [0.2, 0.25) is 10.0 Å². The van der Waals surface area contributed by atoms with Crippen LogP contribution in [0.25, 0.3) is 0 Å². The van der Waals surface area contributed by atoms with Crippen LogP contribution in [0, 0.1) is 0 Å². The van der Waals surface area contributed by atoms with Crippen molar-refractivity contribution in [1.82, 2.24) is 4.90 Å². The lowest BCUT2D eigenvalue weighted by atomic mass is 10.2. The van der Waals surface area contributed by atoms with Gasteiger partial charge in [-0.2, -0.15) is 0 Å². The largest absolute Gasteiger partial charge is 0.486 e. The lowest BCUT2D eigenvalue weighted by molar-refractivity contribution is 0.0475. The summed E-state index contributed by atoms with van der Waals surface area (Å²) in [6, 6.07) is 12.4. The van der Waals surface area contributed by atoms with Gasteiger partial charge in [-0.3, -0.25) is 4.79 Å². The van der Waals surface area contributed by atoms with Crippen molar-refractivity contribution in [3.05, 3.63) is 58.1 Å². The maximum atomic E-state index is 12.7. The molecule has 0 saturated carbocycles. The predicted octanol–water partition coefficient (Wildman–Crippen LogP) is 4.30. The molecule has 4 nitrogen and oxygen atoms in total. The number of para-hydroxylation sites is 2. The van der Waals surface area contributed by atoms with Gasteiger partial charge in [0.25, 0.3) is 5.91 Å². The van der Waals surface area contributed by atoms with Crippen LogP contribution in [0.5, 0.6) is 11.5 Å². The topological polar surface area (TPSA) is 38.8 Å². The molecule has 0 N–H and O–H groups in total. The molecule has 1 aliphatic rings. The number of benzene rings is 2. The van der Waals surface area contributed by atoms with Crippen LogP contribution in [-0.2, 0) is 0 Å². The first kappa shape index (κ1) is 16.9. The highest BCUT2D eigenvalue weighted by atomic mass is 35.5. The van der Waals surface area contributed by atoms with Crippen LogP contribution in [0.4, 0.5) is 0 Å². The molecular weight excluding hydrogens is 349 g/mol. The molecule has 24 heavy (non-hydrogen) atoms. The first-order valence-electron chi connectivity index (χ1n) is 7.71. The fourth-order valence-electron chi connectivity index (χ4n) is 2.57. The minimum absolute atomic E-state index is 0.112. The summed E-state index contributed by atoms with van der Waals surface area (Å²) in [4.78, 5) is 14.4. The number of likely N-dealkylation sites (N-methyl/N-ethyl adjacent to an activating group) is 1. The van der Waals surface area contributed by atoms with E-state index in [9.17, 15) is 4.79 Å². The molecule has 0 aliphatic carbocycles. The fourth-order valence-corrected chi connectivity index (χ4v) is 2.86. The molecule has 2 aromatic carbocycles. The Bertz CT molecular complexity index is 751. The van der Waals surface area contributed by atoms with Crippen LogP contribution < -0.4 is 9.47 Å². The summed E-state index contributed by atoms with van der Waals surface area (Å²) in [6.45, 7) is 3.32. The van der Waals surface area contributed by atoms with Gasteiger partial charge in [0.15, 0.2) is 17.6 Å². The molecule has 0 spiro atoms. The molecular formula is C18H17Cl2NO3. The molecule has 2 aromatic rings. The molecule has 0 fully saturated rings. The molecule has 1 unspecified atom stereocenters. The summed E-state index contributed by atoms with van der Waals surface area (Å²) in [5.74, 6) is 1.32. The van der Waals surface area contributed by atoms with E-state index in [4.69, 9.17) is 32.7 Å². The molecule has 0 aromatic heterocycles. The van der Waals surface area contributed by atoms with Crippen molar-refractivity contribution in [3.63, 3.8) is 0 Å². The summed E-state index contributed by atoms with van der Waals surface area (Å²) >= 11 is 11.9. The highest BCUT2D eigenvalue weighted by Crippen LogP contribution is 2.31. The molecule has 6 heteroatoms. The maximum Gasteiger partial charge on any atom is 0.254 e. The summed E-state index contributed by atoms with van der Waals surface area (Å²) in [7, 11) is 0. The van der Waals surface area contributed by atoms with E-state index in [0.29, 0.717) is 41.1 Å². The zero-order valence-corrected chi connectivity index (χ0v) is 14.7. The van der Waals surface area contributed by atoms with Crippen LogP contribution in [0.15, 0.2) is 42.5 Å². The number of fused-ring (bicyclic) bond motifs is 1. The number of carbonyl (C=O) groups is 1. The average Bonchev–Trinajstić information content (AvgIpc) is 2.61. The Kier molecular flexibility index (Phi) is 5.17. The number of rotatable bonds is 4. The van der Waals surface area contributed by atoms with Crippen LogP contribution in [0.1, 0.15) is 17.3 Å². The lowest BCUT2D eigenvalue weighted by Crippen LogP contribution is -2.43. The fraction of sp³-hybridized carbons (Fsp3) is 0.278. The van der Waals surface area contributed by atoms with E-state index in [1.807, 2.05) is 31.2 Å². The molecule has 1 atom stereocenters. The van der Waals surface area contributed by atoms with Gasteiger partial charge >= 0.3 is 0 Å². The molecule has 1 aliphatic heterocycles. The second-order valence-electron chi connectivity index (χ2n) is 5.47. The van der Waals surface area contributed by atoms with Crippen LogP contribution in [-0.4, -0.2) is 36.6 Å². The first-order chi connectivity index (χ1) is 11.6. The van der Waals surface area contributed by atoms with E-state index in [0.717, 1.165) is 5.75 Å². The third-order valence-corrected chi connectivity index (χ3v) is 4.57. The van der Waals surface area contributed by atoms with Gasteiger partial charge in [0.2, 0.25) is 0 Å². The van der Waals surface area contributed by atoms with Gasteiger partial charge in [-0.1, -0.05) is 35.3 Å². The van der Waals surface area contributed by atoms with E-state index in [-0.39, 0.29) is 12.0 Å². The minimum Gasteiger partial charge on any atom is -0.486 e. The number of hydrogen-bond donors (Lipinski definition) is 0. The summed E-state index contributed by atoms with van der Waals surface area (Å²) in [6.07, 6.45) is -0.216. The Hall–Kier alpha value is -1.91. The monoisotopic (exact) mass is 365 g/mol. The van der Waals surface area contributed by atoms with Crippen molar-refractivity contribution < 1.29 is 14.3 Å². The SMILES string of the molecule is CCN(CC1COc2ccccc2O1)C(=O)c1ccc(Cl)c(Cl)c1. The molecule has 0 radical (unpaired) electrons. The number of ether oxygens (including phenoxy) is 2. The number of hydrogen-bond acceptors (Lipinski definition) is 3. The number of halogens is 2. The number of amides is 1. The molecule has 126 valence electrons. The Morgan fingerprint density at radius 2 is 1.92 bits per heavy atom. The van der Waals surface area contributed by atoms with Gasteiger partial charge in [-0.15, -0.1) is 0 Å². The molecule has 0 bridgehead atoms.